The summed E-state index contributed by atoms with van der Waals surface area (Å²) in [5.41, 5.74) is -5.62. The topological polar surface area (TPSA) is 83.3 Å². The third-order valence-electron chi connectivity index (χ3n) is 7.60. The Kier molecular flexibility index (Phi) is 6.30. The average Bonchev–Trinajstić information content (AvgIpc) is 3.42. The lowest BCUT2D eigenvalue weighted by Crippen LogP contribution is -2.47. The molecule has 0 bridgehead atoms. The molecule has 2 heterocycles. The molecule has 208 valence electrons. The number of benzene rings is 2. The summed E-state index contributed by atoms with van der Waals surface area (Å²) in [6, 6.07) is 6.83. The first-order valence-electron chi connectivity index (χ1n) is 12.2. The number of anilines is 1. The number of nitrogens with one attached hydrogen (secondary N) is 1. The predicted molar refractivity (Wildman–Crippen MR) is 128 cm³/mol. The second kappa shape index (κ2) is 9.05. The van der Waals surface area contributed by atoms with Crippen LogP contribution in [0.1, 0.15) is 64.6 Å². The van der Waals surface area contributed by atoms with E-state index in [2.05, 4.69) is 15.5 Å². The highest BCUT2D eigenvalue weighted by atomic mass is 19.4. The number of carbonyl (C=O) groups excluding carboxylic acids is 1. The molecule has 2 aromatic carbocycles. The number of hydrogen-bond donors (Lipinski definition) is 2. The molecular formula is C26H25F6N5O2. The zero-order valence-corrected chi connectivity index (χ0v) is 21.0. The standard InChI is InChI=1S/C26H25F6N5O2/c1-23(7-4-8-23)33-12-15-9-18-19(20(10-15)25(27,28)29)13-37(21(18)38)17-6-3-5-16(11-17)24(39,26(30,31)32)22-35-34-14-36(22)2/h3,5-6,9-11,14,33,39H,4,7-8,12-13H2,1-2H3/t24-/m1/s1. The molecule has 1 fully saturated rings. The van der Waals surface area contributed by atoms with Gasteiger partial charge in [-0.25, -0.2) is 0 Å². The summed E-state index contributed by atoms with van der Waals surface area (Å²) in [5.74, 6) is -1.58. The minimum Gasteiger partial charge on any atom is -0.370 e. The van der Waals surface area contributed by atoms with Gasteiger partial charge in [0.15, 0.2) is 5.82 Å². The van der Waals surface area contributed by atoms with Gasteiger partial charge in [0.2, 0.25) is 5.60 Å². The molecule has 39 heavy (non-hydrogen) atoms. The number of aryl methyl sites for hydroxylation is 1. The van der Waals surface area contributed by atoms with Crippen LogP contribution in [0.25, 0.3) is 0 Å². The number of amides is 1. The Morgan fingerprint density at radius 2 is 1.82 bits per heavy atom. The maximum Gasteiger partial charge on any atom is 0.428 e. The van der Waals surface area contributed by atoms with Crippen molar-refractivity contribution in [3.8, 4) is 0 Å². The Morgan fingerprint density at radius 3 is 2.38 bits per heavy atom. The van der Waals surface area contributed by atoms with Crippen LogP contribution in [0.5, 0.6) is 0 Å². The van der Waals surface area contributed by atoms with E-state index in [1.54, 1.807) is 0 Å². The fourth-order valence-corrected chi connectivity index (χ4v) is 5.16. The highest BCUT2D eigenvalue weighted by molar-refractivity contribution is 6.10. The predicted octanol–water partition coefficient (Wildman–Crippen LogP) is 4.82. The van der Waals surface area contributed by atoms with Crippen LogP contribution in [-0.4, -0.2) is 37.5 Å². The van der Waals surface area contributed by atoms with Crippen LogP contribution in [0.4, 0.5) is 32.0 Å². The normalized spacial score (nSPS) is 18.6. The number of alkyl halides is 6. The van der Waals surface area contributed by atoms with Crippen molar-refractivity contribution in [1.29, 1.82) is 0 Å². The van der Waals surface area contributed by atoms with Gasteiger partial charge in [-0.1, -0.05) is 12.1 Å². The number of carbonyl (C=O) groups is 1. The maximum atomic E-state index is 14.2. The van der Waals surface area contributed by atoms with Crippen molar-refractivity contribution >= 4 is 11.6 Å². The SMILES string of the molecule is Cn1cnnc1[C@](O)(c1cccc(N2Cc3c(cc(CNC4(C)CCC4)cc3C(F)(F)F)C2=O)c1)C(F)(F)F. The zero-order valence-electron chi connectivity index (χ0n) is 21.0. The van der Waals surface area contributed by atoms with Crippen LogP contribution in [-0.2, 0) is 31.9 Å². The molecule has 1 saturated carbocycles. The van der Waals surface area contributed by atoms with Gasteiger partial charge in [0.05, 0.1) is 12.1 Å². The molecule has 1 aliphatic carbocycles. The number of nitrogens with zero attached hydrogens (tertiary/aromatic N) is 4. The van der Waals surface area contributed by atoms with Crippen LogP contribution in [0.3, 0.4) is 0 Å². The van der Waals surface area contributed by atoms with Gasteiger partial charge in [-0.2, -0.15) is 26.3 Å². The maximum absolute atomic E-state index is 14.2. The van der Waals surface area contributed by atoms with Crippen molar-refractivity contribution in [1.82, 2.24) is 20.1 Å². The van der Waals surface area contributed by atoms with E-state index in [-0.39, 0.29) is 34.5 Å². The Balaban J connectivity index is 1.53. The van der Waals surface area contributed by atoms with E-state index in [0.29, 0.717) is 0 Å². The highest BCUT2D eigenvalue weighted by Gasteiger charge is 2.59. The average molecular weight is 554 g/mol. The second-order valence-electron chi connectivity index (χ2n) is 10.4. The van der Waals surface area contributed by atoms with Crippen LogP contribution >= 0.6 is 0 Å². The molecule has 3 aromatic rings. The van der Waals surface area contributed by atoms with Gasteiger partial charge < -0.3 is 19.9 Å². The third kappa shape index (κ3) is 4.56. The molecule has 0 saturated heterocycles. The number of aliphatic hydroxyl groups is 1. The number of halogens is 6. The first-order valence-corrected chi connectivity index (χ1v) is 12.2. The van der Waals surface area contributed by atoms with Gasteiger partial charge in [0.25, 0.3) is 5.91 Å². The van der Waals surface area contributed by atoms with Crippen molar-refractivity contribution in [2.24, 2.45) is 7.05 Å². The van der Waals surface area contributed by atoms with Crippen molar-refractivity contribution in [2.75, 3.05) is 4.90 Å². The first-order chi connectivity index (χ1) is 18.1. The summed E-state index contributed by atoms with van der Waals surface area (Å²) in [4.78, 5) is 14.3. The quantitative estimate of drug-likeness (QED) is 0.428. The van der Waals surface area contributed by atoms with E-state index < -0.39 is 47.4 Å². The summed E-state index contributed by atoms with van der Waals surface area (Å²) >= 11 is 0. The summed E-state index contributed by atoms with van der Waals surface area (Å²) in [6.07, 6.45) is -6.17. The van der Waals surface area contributed by atoms with Crippen molar-refractivity contribution < 1.29 is 36.2 Å². The lowest BCUT2D eigenvalue weighted by atomic mass is 9.78. The van der Waals surface area contributed by atoms with E-state index in [1.165, 1.54) is 25.2 Å². The first kappa shape index (κ1) is 27.1. The summed E-state index contributed by atoms with van der Waals surface area (Å²) in [7, 11) is 1.23. The fraction of sp³-hybridized carbons (Fsp3) is 0.423. The van der Waals surface area contributed by atoms with Gasteiger partial charge in [0.1, 0.15) is 6.33 Å². The van der Waals surface area contributed by atoms with Crippen LogP contribution in [0.15, 0.2) is 42.7 Å². The Hall–Kier alpha value is -3.45. The lowest BCUT2D eigenvalue weighted by Gasteiger charge is -2.39. The minimum absolute atomic E-state index is 0.103. The third-order valence-corrected chi connectivity index (χ3v) is 7.60. The minimum atomic E-state index is -5.23. The smallest absolute Gasteiger partial charge is 0.370 e. The molecule has 7 nitrogen and oxygen atoms in total. The second-order valence-corrected chi connectivity index (χ2v) is 10.4. The molecule has 0 unspecified atom stereocenters. The summed E-state index contributed by atoms with van der Waals surface area (Å²) < 4.78 is 85.7. The molecule has 13 heteroatoms. The van der Waals surface area contributed by atoms with Gasteiger partial charge >= 0.3 is 12.4 Å². The molecule has 0 spiro atoms. The Bertz CT molecular complexity index is 1430. The van der Waals surface area contributed by atoms with Crippen LogP contribution in [0.2, 0.25) is 0 Å². The van der Waals surface area contributed by atoms with Gasteiger partial charge in [-0.05, 0) is 61.6 Å². The largest absolute Gasteiger partial charge is 0.428 e. The zero-order chi connectivity index (χ0) is 28.4. The number of hydrogen-bond acceptors (Lipinski definition) is 5. The molecular weight excluding hydrogens is 528 g/mol. The van der Waals surface area contributed by atoms with Crippen molar-refractivity contribution in [3.05, 3.63) is 76.4 Å². The monoisotopic (exact) mass is 553 g/mol. The molecule has 1 amide bonds. The van der Waals surface area contributed by atoms with E-state index in [0.717, 1.165) is 53.3 Å². The van der Waals surface area contributed by atoms with Gasteiger partial charge in [0, 0.05) is 35.9 Å². The molecule has 1 aromatic heterocycles. The van der Waals surface area contributed by atoms with E-state index in [1.807, 2.05) is 6.92 Å². The van der Waals surface area contributed by atoms with Gasteiger partial charge in [-0.3, -0.25) is 4.79 Å². The molecule has 5 rings (SSSR count). The molecule has 2 aliphatic rings. The lowest BCUT2D eigenvalue weighted by molar-refractivity contribution is -0.252. The Labute approximate surface area is 219 Å². The van der Waals surface area contributed by atoms with E-state index in [9.17, 15) is 36.2 Å². The van der Waals surface area contributed by atoms with E-state index in [4.69, 9.17) is 0 Å². The molecule has 1 atom stereocenters. The molecule has 2 N–H and O–H groups in total. The Morgan fingerprint density at radius 1 is 1.10 bits per heavy atom. The van der Waals surface area contributed by atoms with Crippen molar-refractivity contribution in [3.63, 3.8) is 0 Å². The van der Waals surface area contributed by atoms with Crippen molar-refractivity contribution in [2.45, 2.75) is 62.8 Å². The molecule has 0 radical (unpaired) electrons. The van der Waals surface area contributed by atoms with E-state index >= 15 is 0 Å². The fourth-order valence-electron chi connectivity index (χ4n) is 5.16. The number of fused-ring (bicyclic) bond motifs is 1. The molecule has 1 aliphatic heterocycles. The highest BCUT2D eigenvalue weighted by Crippen LogP contribution is 2.45. The van der Waals surface area contributed by atoms with Crippen LogP contribution in [0, 0.1) is 0 Å². The van der Waals surface area contributed by atoms with Gasteiger partial charge in [-0.15, -0.1) is 10.2 Å². The van der Waals surface area contributed by atoms with Crippen LogP contribution < -0.4 is 10.2 Å². The number of aromatic nitrogens is 3. The number of rotatable bonds is 6. The summed E-state index contributed by atoms with van der Waals surface area (Å²) in [6.45, 7) is 1.62. The summed E-state index contributed by atoms with van der Waals surface area (Å²) in [5, 5.41) is 21.0.